The van der Waals surface area contributed by atoms with Crippen molar-refractivity contribution in [2.24, 2.45) is 0 Å². The fourth-order valence-electron chi connectivity index (χ4n) is 2.69. The van der Waals surface area contributed by atoms with Crippen molar-refractivity contribution >= 4 is 29.8 Å². The quantitative estimate of drug-likeness (QED) is 0.540. The smallest absolute Gasteiger partial charge is 0.408 e. The molecule has 8 nitrogen and oxygen atoms in total. The van der Waals surface area contributed by atoms with Crippen LogP contribution in [0.25, 0.3) is 0 Å². The van der Waals surface area contributed by atoms with Crippen LogP contribution in [0.5, 0.6) is 0 Å². The van der Waals surface area contributed by atoms with Gasteiger partial charge in [-0.25, -0.2) is 9.59 Å². The molecule has 1 rings (SSSR count). The summed E-state index contributed by atoms with van der Waals surface area (Å²) in [6.07, 6.45) is 1.09. The minimum absolute atomic E-state index is 0.139. The molecule has 1 unspecified atom stereocenters. The molecule has 0 aromatic heterocycles. The first-order valence-electron chi connectivity index (χ1n) is 8.73. The summed E-state index contributed by atoms with van der Waals surface area (Å²) in [5.41, 5.74) is -2.19. The van der Waals surface area contributed by atoms with Gasteiger partial charge in [-0.05, 0) is 27.2 Å². The van der Waals surface area contributed by atoms with Crippen LogP contribution in [0.15, 0.2) is 0 Å². The van der Waals surface area contributed by atoms with Crippen molar-refractivity contribution in [1.29, 1.82) is 0 Å². The molecule has 0 aromatic rings. The summed E-state index contributed by atoms with van der Waals surface area (Å²) < 4.78 is 9.97. The lowest BCUT2D eigenvalue weighted by atomic mass is 9.88. The predicted molar refractivity (Wildman–Crippen MR) is 99.1 cm³/mol. The molecule has 1 amide bonds. The molecule has 3 N–H and O–H groups in total. The zero-order valence-corrected chi connectivity index (χ0v) is 16.9. The number of carboxylic acids is 1. The summed E-state index contributed by atoms with van der Waals surface area (Å²) in [6, 6.07) is -0.478. The highest BCUT2D eigenvalue weighted by Gasteiger charge is 2.45. The van der Waals surface area contributed by atoms with Crippen molar-refractivity contribution in [2.45, 2.75) is 75.9 Å². The van der Waals surface area contributed by atoms with Crippen LogP contribution in [0, 0.1) is 0 Å². The topological polar surface area (TPSA) is 114 Å². The molecule has 3 atom stereocenters. The fourth-order valence-corrected chi connectivity index (χ4v) is 4.01. The lowest BCUT2D eigenvalue weighted by Gasteiger charge is -2.33. The lowest BCUT2D eigenvalue weighted by molar-refractivity contribution is -0.145. The van der Waals surface area contributed by atoms with Gasteiger partial charge in [0.2, 0.25) is 0 Å². The van der Waals surface area contributed by atoms with E-state index in [-0.39, 0.29) is 24.2 Å². The Bertz CT molecular complexity index is 522. The van der Waals surface area contributed by atoms with E-state index in [9.17, 15) is 19.5 Å². The van der Waals surface area contributed by atoms with Crippen LogP contribution in [0.4, 0.5) is 4.79 Å². The number of unbranched alkanes of at least 4 members (excludes halogenated alkanes) is 1. The van der Waals surface area contributed by atoms with Crippen LogP contribution in [-0.4, -0.2) is 58.6 Å². The number of nitrogens with one attached hydrogen (secondary N) is 2. The molecule has 1 aliphatic heterocycles. The van der Waals surface area contributed by atoms with Gasteiger partial charge in [-0.2, -0.15) is 0 Å². The van der Waals surface area contributed by atoms with Gasteiger partial charge in [0.1, 0.15) is 17.2 Å². The molecular formula is C17H30N2O6S. The number of carbonyl (C=O) groups excluding carboxylic acids is 2. The average molecular weight is 391 g/mol. The van der Waals surface area contributed by atoms with Crippen LogP contribution in [0.2, 0.25) is 0 Å². The maximum atomic E-state index is 12.2. The Morgan fingerprint density at radius 2 is 1.96 bits per heavy atom. The first-order chi connectivity index (χ1) is 12.0. The Morgan fingerprint density at radius 3 is 2.46 bits per heavy atom. The SMILES string of the molecule is CCCC[C@](CC1N[C@@H](C(=O)OC)CS1)(NC(=O)OC(C)(C)C)C(=O)O. The van der Waals surface area contributed by atoms with E-state index in [2.05, 4.69) is 10.6 Å². The number of methoxy groups -OCH3 is 1. The molecule has 9 heteroatoms. The number of esters is 1. The van der Waals surface area contributed by atoms with Gasteiger partial charge in [0, 0.05) is 12.2 Å². The van der Waals surface area contributed by atoms with Gasteiger partial charge >= 0.3 is 18.0 Å². The molecule has 0 spiro atoms. The molecule has 1 aliphatic rings. The summed E-state index contributed by atoms with van der Waals surface area (Å²) in [6.45, 7) is 7.11. The van der Waals surface area contributed by atoms with Crippen LogP contribution < -0.4 is 10.6 Å². The summed E-state index contributed by atoms with van der Waals surface area (Å²) in [4.78, 5) is 36.0. The Balaban J connectivity index is 2.91. The number of carboxylic acid groups (broad SMARTS) is 1. The number of aliphatic carboxylic acids is 1. The van der Waals surface area contributed by atoms with Gasteiger partial charge < -0.3 is 19.9 Å². The summed E-state index contributed by atoms with van der Waals surface area (Å²) in [5, 5.41) is 15.2. The molecule has 150 valence electrons. The van der Waals surface area contributed by atoms with E-state index in [0.29, 0.717) is 12.2 Å². The molecule has 1 saturated heterocycles. The standard InChI is InChI=1S/C17H30N2O6S/c1-6-7-8-17(14(21)22,19-15(23)25-16(2,3)4)9-12-18-11(10-26-12)13(20)24-5/h11-12,18H,6-10H2,1-5H3,(H,19,23)(H,21,22)/t11-,12?,17-/m1/s1. The number of alkyl carbamates (subject to hydrolysis) is 1. The Morgan fingerprint density at radius 1 is 1.31 bits per heavy atom. The third-order valence-corrected chi connectivity index (χ3v) is 5.21. The van der Waals surface area contributed by atoms with Crippen molar-refractivity contribution < 1.29 is 29.0 Å². The Kier molecular flexibility index (Phi) is 8.20. The van der Waals surface area contributed by atoms with E-state index in [1.165, 1.54) is 18.9 Å². The fraction of sp³-hybridized carbons (Fsp3) is 0.824. The second-order valence-electron chi connectivity index (χ2n) is 7.39. The molecule has 26 heavy (non-hydrogen) atoms. The molecule has 0 aromatic carbocycles. The van der Waals surface area contributed by atoms with Crippen LogP contribution in [0.3, 0.4) is 0 Å². The molecule has 1 heterocycles. The number of ether oxygens (including phenoxy) is 2. The summed E-state index contributed by atoms with van der Waals surface area (Å²) >= 11 is 1.44. The second kappa shape index (κ2) is 9.45. The van der Waals surface area contributed by atoms with E-state index >= 15 is 0 Å². The summed E-state index contributed by atoms with van der Waals surface area (Å²) in [7, 11) is 1.31. The van der Waals surface area contributed by atoms with Crippen LogP contribution in [-0.2, 0) is 19.1 Å². The van der Waals surface area contributed by atoms with E-state index in [1.54, 1.807) is 20.8 Å². The van der Waals surface area contributed by atoms with Crippen molar-refractivity contribution in [3.05, 3.63) is 0 Å². The van der Waals surface area contributed by atoms with Crippen LogP contribution >= 0.6 is 11.8 Å². The third kappa shape index (κ3) is 6.68. The monoisotopic (exact) mass is 390 g/mol. The van der Waals surface area contributed by atoms with Crippen molar-refractivity contribution in [3.63, 3.8) is 0 Å². The minimum atomic E-state index is -1.46. The predicted octanol–water partition coefficient (Wildman–Crippen LogP) is 2.12. The first-order valence-corrected chi connectivity index (χ1v) is 9.78. The Labute approximate surface area is 158 Å². The molecular weight excluding hydrogens is 360 g/mol. The van der Waals surface area contributed by atoms with E-state index in [0.717, 1.165) is 6.42 Å². The van der Waals surface area contributed by atoms with E-state index in [4.69, 9.17) is 9.47 Å². The van der Waals surface area contributed by atoms with Gasteiger partial charge in [0.15, 0.2) is 0 Å². The van der Waals surface area contributed by atoms with Crippen molar-refractivity contribution in [3.8, 4) is 0 Å². The first kappa shape index (κ1) is 22.6. The second-order valence-corrected chi connectivity index (χ2v) is 8.62. The van der Waals surface area contributed by atoms with Gasteiger partial charge in [-0.1, -0.05) is 19.8 Å². The van der Waals surface area contributed by atoms with Gasteiger partial charge in [-0.15, -0.1) is 11.8 Å². The normalized spacial score (nSPS) is 22.3. The van der Waals surface area contributed by atoms with Gasteiger partial charge in [-0.3, -0.25) is 10.1 Å². The van der Waals surface area contributed by atoms with Crippen LogP contribution in [0.1, 0.15) is 53.4 Å². The zero-order chi connectivity index (χ0) is 20.0. The van der Waals surface area contributed by atoms with Gasteiger partial charge in [0.05, 0.1) is 12.5 Å². The van der Waals surface area contributed by atoms with E-state index < -0.39 is 29.2 Å². The van der Waals surface area contributed by atoms with Crippen molar-refractivity contribution in [1.82, 2.24) is 10.6 Å². The Hall–Kier alpha value is -1.48. The number of amides is 1. The molecule has 0 saturated carbocycles. The summed E-state index contributed by atoms with van der Waals surface area (Å²) in [5.74, 6) is -0.997. The maximum absolute atomic E-state index is 12.2. The highest BCUT2D eigenvalue weighted by molar-refractivity contribution is 8.00. The molecule has 0 aliphatic carbocycles. The average Bonchev–Trinajstić information content (AvgIpc) is 2.98. The van der Waals surface area contributed by atoms with Crippen molar-refractivity contribution in [2.75, 3.05) is 12.9 Å². The number of hydrogen-bond donors (Lipinski definition) is 3. The molecule has 0 bridgehead atoms. The lowest BCUT2D eigenvalue weighted by Crippen LogP contribution is -2.58. The molecule has 0 radical (unpaired) electrons. The zero-order valence-electron chi connectivity index (χ0n) is 16.1. The highest BCUT2D eigenvalue weighted by atomic mass is 32.2. The maximum Gasteiger partial charge on any atom is 0.408 e. The highest BCUT2D eigenvalue weighted by Crippen LogP contribution is 2.30. The largest absolute Gasteiger partial charge is 0.480 e. The number of rotatable bonds is 8. The number of hydrogen-bond acceptors (Lipinski definition) is 7. The van der Waals surface area contributed by atoms with E-state index in [1.807, 2.05) is 6.92 Å². The minimum Gasteiger partial charge on any atom is -0.480 e. The number of thioether (sulfide) groups is 1. The molecule has 1 fully saturated rings. The number of carbonyl (C=O) groups is 3. The van der Waals surface area contributed by atoms with Gasteiger partial charge in [0.25, 0.3) is 0 Å². The third-order valence-electron chi connectivity index (χ3n) is 3.98.